The maximum atomic E-state index is 4.38. The molecule has 0 amide bonds. The van der Waals surface area contributed by atoms with Gasteiger partial charge < -0.3 is 5.32 Å². The minimum atomic E-state index is 0.643. The molecule has 0 radical (unpaired) electrons. The molecule has 3 nitrogen and oxygen atoms in total. The molecule has 0 spiro atoms. The first-order valence-electron chi connectivity index (χ1n) is 7.06. The first kappa shape index (κ1) is 14.0. The largest absolute Gasteiger partial charge is 0.311 e. The van der Waals surface area contributed by atoms with Crippen LogP contribution in [0.4, 0.5) is 0 Å². The molecule has 1 aromatic heterocycles. The van der Waals surface area contributed by atoms with E-state index in [0.29, 0.717) is 18.0 Å². The molecule has 2 heterocycles. The van der Waals surface area contributed by atoms with Crippen LogP contribution in [0, 0.1) is 5.92 Å². The number of piperazine rings is 1. The number of rotatable bonds is 5. The number of hydrogen-bond acceptors (Lipinski definition) is 4. The van der Waals surface area contributed by atoms with Gasteiger partial charge in [0.15, 0.2) is 0 Å². The van der Waals surface area contributed by atoms with Crippen molar-refractivity contribution in [3.63, 3.8) is 0 Å². The van der Waals surface area contributed by atoms with Crippen LogP contribution in [0.15, 0.2) is 11.6 Å². The van der Waals surface area contributed by atoms with Crippen molar-refractivity contribution in [1.82, 2.24) is 15.2 Å². The molecule has 1 fully saturated rings. The minimum absolute atomic E-state index is 0.643. The molecular formula is C14H25N3S. The third-order valence-electron chi connectivity index (χ3n) is 3.94. The summed E-state index contributed by atoms with van der Waals surface area (Å²) in [4.78, 5) is 7.04. The van der Waals surface area contributed by atoms with Crippen LogP contribution in [0.25, 0.3) is 0 Å². The molecule has 0 saturated carbocycles. The van der Waals surface area contributed by atoms with Crippen molar-refractivity contribution in [3.8, 4) is 0 Å². The van der Waals surface area contributed by atoms with E-state index in [-0.39, 0.29) is 0 Å². The molecule has 2 atom stereocenters. The Morgan fingerprint density at radius 1 is 1.56 bits per heavy atom. The van der Waals surface area contributed by atoms with Crippen LogP contribution in [-0.4, -0.2) is 41.6 Å². The predicted molar refractivity (Wildman–Crippen MR) is 78.1 cm³/mol. The Balaban J connectivity index is 1.89. The van der Waals surface area contributed by atoms with Gasteiger partial charge >= 0.3 is 0 Å². The van der Waals surface area contributed by atoms with E-state index < -0.39 is 0 Å². The van der Waals surface area contributed by atoms with Crippen LogP contribution in [0.2, 0.25) is 0 Å². The van der Waals surface area contributed by atoms with E-state index in [9.17, 15) is 0 Å². The molecule has 2 unspecified atom stereocenters. The summed E-state index contributed by atoms with van der Waals surface area (Å²) in [6, 6.07) is 1.34. The summed E-state index contributed by atoms with van der Waals surface area (Å²) in [6.07, 6.45) is 4.24. The Kier molecular flexibility index (Phi) is 5.15. The Morgan fingerprint density at radius 3 is 3.00 bits per heavy atom. The lowest BCUT2D eigenvalue weighted by molar-refractivity contribution is 0.112. The molecule has 2 rings (SSSR count). The van der Waals surface area contributed by atoms with Crippen LogP contribution >= 0.6 is 11.3 Å². The summed E-state index contributed by atoms with van der Waals surface area (Å²) < 4.78 is 0. The highest BCUT2D eigenvalue weighted by atomic mass is 32.1. The zero-order chi connectivity index (χ0) is 13.0. The molecule has 0 aromatic carbocycles. The van der Waals surface area contributed by atoms with Gasteiger partial charge in [-0.2, -0.15) is 0 Å². The number of nitrogens with one attached hydrogen (secondary N) is 1. The summed E-state index contributed by atoms with van der Waals surface area (Å²) >= 11 is 1.77. The first-order valence-corrected chi connectivity index (χ1v) is 7.94. The van der Waals surface area contributed by atoms with Gasteiger partial charge in [0.1, 0.15) is 0 Å². The summed E-state index contributed by atoms with van der Waals surface area (Å²) in [5.74, 6) is 0.713. The highest BCUT2D eigenvalue weighted by Crippen LogP contribution is 2.16. The second-order valence-electron chi connectivity index (χ2n) is 5.49. The maximum absolute atomic E-state index is 4.38. The number of thiazole rings is 1. The Hall–Kier alpha value is -0.450. The van der Waals surface area contributed by atoms with Gasteiger partial charge in [-0.3, -0.25) is 4.90 Å². The molecule has 1 N–H and O–H groups in total. The Morgan fingerprint density at radius 2 is 2.39 bits per heavy atom. The summed E-state index contributed by atoms with van der Waals surface area (Å²) in [5.41, 5.74) is 0. The molecule has 1 saturated heterocycles. The second kappa shape index (κ2) is 6.64. The van der Waals surface area contributed by atoms with Crippen molar-refractivity contribution in [2.45, 2.75) is 45.7 Å². The van der Waals surface area contributed by atoms with Crippen LogP contribution in [0.5, 0.6) is 0 Å². The van der Waals surface area contributed by atoms with Gasteiger partial charge in [-0.05, 0) is 12.3 Å². The van der Waals surface area contributed by atoms with Gasteiger partial charge in [0.2, 0.25) is 0 Å². The zero-order valence-corrected chi connectivity index (χ0v) is 12.5. The van der Waals surface area contributed by atoms with Gasteiger partial charge in [-0.25, -0.2) is 4.98 Å². The molecule has 102 valence electrons. The van der Waals surface area contributed by atoms with Gasteiger partial charge in [-0.15, -0.1) is 11.3 Å². The van der Waals surface area contributed by atoms with E-state index in [4.69, 9.17) is 0 Å². The van der Waals surface area contributed by atoms with E-state index in [0.717, 1.165) is 19.5 Å². The molecule has 0 aliphatic carbocycles. The van der Waals surface area contributed by atoms with Crippen LogP contribution in [0.1, 0.15) is 32.2 Å². The minimum Gasteiger partial charge on any atom is -0.311 e. The molecule has 18 heavy (non-hydrogen) atoms. The normalized spacial score (nSPS) is 25.8. The molecule has 1 aliphatic heterocycles. The molecule has 0 bridgehead atoms. The molecular weight excluding hydrogens is 242 g/mol. The Bertz CT molecular complexity index is 337. The lowest BCUT2D eigenvalue weighted by atomic mass is 9.98. The highest BCUT2D eigenvalue weighted by molar-refractivity contribution is 7.09. The van der Waals surface area contributed by atoms with Gasteiger partial charge in [0.05, 0.1) is 5.01 Å². The third-order valence-corrected chi connectivity index (χ3v) is 4.78. The van der Waals surface area contributed by atoms with Crippen LogP contribution in [0.3, 0.4) is 0 Å². The second-order valence-corrected chi connectivity index (χ2v) is 6.47. The van der Waals surface area contributed by atoms with E-state index in [1.54, 1.807) is 11.3 Å². The molecule has 1 aliphatic rings. The average molecular weight is 267 g/mol. The summed E-state index contributed by atoms with van der Waals surface area (Å²) in [6.45, 7) is 10.4. The standard InChI is InChI=1S/C14H25N3S/c1-4-12-9-16-13(11(2)3)10-17(12)7-5-14-15-6-8-18-14/h6,8,11-13,16H,4-5,7,9-10H2,1-3H3. The smallest absolute Gasteiger partial charge is 0.0937 e. The lowest BCUT2D eigenvalue weighted by Crippen LogP contribution is -2.58. The van der Waals surface area contributed by atoms with Gasteiger partial charge in [-0.1, -0.05) is 20.8 Å². The van der Waals surface area contributed by atoms with E-state index in [2.05, 4.69) is 41.4 Å². The fourth-order valence-corrected chi connectivity index (χ4v) is 3.23. The van der Waals surface area contributed by atoms with Crippen molar-refractivity contribution in [2.24, 2.45) is 5.92 Å². The zero-order valence-electron chi connectivity index (χ0n) is 11.7. The number of aromatic nitrogens is 1. The average Bonchev–Trinajstić information content (AvgIpc) is 2.89. The monoisotopic (exact) mass is 267 g/mol. The van der Waals surface area contributed by atoms with E-state index in [1.807, 2.05) is 6.20 Å². The van der Waals surface area contributed by atoms with Crippen molar-refractivity contribution in [1.29, 1.82) is 0 Å². The first-order chi connectivity index (χ1) is 8.70. The quantitative estimate of drug-likeness (QED) is 0.888. The SMILES string of the molecule is CCC1CNC(C(C)C)CN1CCc1nccs1. The third kappa shape index (κ3) is 3.53. The van der Waals surface area contributed by atoms with Crippen molar-refractivity contribution < 1.29 is 0 Å². The van der Waals surface area contributed by atoms with Crippen LogP contribution in [-0.2, 0) is 6.42 Å². The summed E-state index contributed by atoms with van der Waals surface area (Å²) in [7, 11) is 0. The Labute approximate surface area is 115 Å². The number of hydrogen-bond donors (Lipinski definition) is 1. The van der Waals surface area contributed by atoms with Crippen molar-refractivity contribution in [3.05, 3.63) is 16.6 Å². The molecule has 4 heteroatoms. The summed E-state index contributed by atoms with van der Waals surface area (Å²) in [5, 5.41) is 7.03. The maximum Gasteiger partial charge on any atom is 0.0937 e. The van der Waals surface area contributed by atoms with Crippen molar-refractivity contribution in [2.75, 3.05) is 19.6 Å². The van der Waals surface area contributed by atoms with E-state index >= 15 is 0 Å². The highest BCUT2D eigenvalue weighted by Gasteiger charge is 2.27. The van der Waals surface area contributed by atoms with Gasteiger partial charge in [0, 0.05) is 49.7 Å². The predicted octanol–water partition coefficient (Wildman–Crippen LogP) is 2.39. The lowest BCUT2D eigenvalue weighted by Gasteiger charge is -2.41. The number of nitrogens with zero attached hydrogens (tertiary/aromatic N) is 2. The fourth-order valence-electron chi connectivity index (χ4n) is 2.62. The van der Waals surface area contributed by atoms with E-state index in [1.165, 1.54) is 18.0 Å². The fraction of sp³-hybridized carbons (Fsp3) is 0.786. The van der Waals surface area contributed by atoms with Crippen molar-refractivity contribution >= 4 is 11.3 Å². The molecule has 1 aromatic rings. The van der Waals surface area contributed by atoms with Crippen LogP contribution < -0.4 is 5.32 Å². The van der Waals surface area contributed by atoms with Gasteiger partial charge in [0.25, 0.3) is 0 Å². The topological polar surface area (TPSA) is 28.2 Å².